The Balaban J connectivity index is 1.94. The summed E-state index contributed by atoms with van der Waals surface area (Å²) in [4.78, 5) is 6.83. The summed E-state index contributed by atoms with van der Waals surface area (Å²) in [5.41, 5.74) is 6.19. The van der Waals surface area contributed by atoms with Crippen molar-refractivity contribution in [3.8, 4) is 0 Å². The lowest BCUT2D eigenvalue weighted by atomic mass is 9.83. The first-order chi connectivity index (χ1) is 9.63. The summed E-state index contributed by atoms with van der Waals surface area (Å²) < 4.78 is 5.45. The van der Waals surface area contributed by atoms with Crippen molar-refractivity contribution in [2.45, 2.75) is 58.4 Å². The predicted molar refractivity (Wildman–Crippen MR) is 79.4 cm³/mol. The van der Waals surface area contributed by atoms with E-state index in [2.05, 4.69) is 35.8 Å². The molecule has 20 heavy (non-hydrogen) atoms. The second-order valence-corrected chi connectivity index (χ2v) is 6.04. The van der Waals surface area contributed by atoms with Gasteiger partial charge < -0.3 is 15.2 Å². The van der Waals surface area contributed by atoms with Gasteiger partial charge in [-0.2, -0.15) is 4.98 Å². The van der Waals surface area contributed by atoms with Crippen molar-refractivity contribution >= 4 is 0 Å². The third-order valence-electron chi connectivity index (χ3n) is 4.50. The molecule has 1 atom stereocenters. The fraction of sp³-hybridized carbons (Fsp3) is 0.867. The molecule has 5 heteroatoms. The van der Waals surface area contributed by atoms with E-state index in [1.54, 1.807) is 0 Å². The molecule has 1 aromatic rings. The highest BCUT2D eigenvalue weighted by atomic mass is 16.5. The van der Waals surface area contributed by atoms with Crippen molar-refractivity contribution in [2.75, 3.05) is 19.6 Å². The quantitative estimate of drug-likeness (QED) is 0.867. The molecule has 0 spiro atoms. The second kappa shape index (κ2) is 7.18. The van der Waals surface area contributed by atoms with Crippen molar-refractivity contribution < 1.29 is 4.52 Å². The lowest BCUT2D eigenvalue weighted by Gasteiger charge is -2.23. The van der Waals surface area contributed by atoms with Crippen LogP contribution in [-0.4, -0.2) is 34.7 Å². The molecule has 2 N–H and O–H groups in total. The zero-order valence-corrected chi connectivity index (χ0v) is 13.0. The maximum atomic E-state index is 6.19. The maximum Gasteiger partial charge on any atom is 0.229 e. The predicted octanol–water partition coefficient (Wildman–Crippen LogP) is 2.70. The smallest absolute Gasteiger partial charge is 0.229 e. The van der Waals surface area contributed by atoms with Gasteiger partial charge in [0.15, 0.2) is 5.82 Å². The van der Waals surface area contributed by atoms with Crippen LogP contribution in [-0.2, 0) is 0 Å². The van der Waals surface area contributed by atoms with Gasteiger partial charge in [-0.05, 0) is 44.7 Å². The minimum atomic E-state index is -0.157. The molecule has 1 fully saturated rings. The third-order valence-corrected chi connectivity index (χ3v) is 4.50. The molecule has 0 radical (unpaired) electrons. The Morgan fingerprint density at radius 1 is 1.25 bits per heavy atom. The molecule has 1 unspecified atom stereocenters. The van der Waals surface area contributed by atoms with Crippen molar-refractivity contribution in [3.63, 3.8) is 0 Å². The summed E-state index contributed by atoms with van der Waals surface area (Å²) in [6.45, 7) is 9.37. The first kappa shape index (κ1) is 15.4. The number of nitrogens with two attached hydrogens (primary N) is 1. The van der Waals surface area contributed by atoms with Crippen molar-refractivity contribution in [1.29, 1.82) is 0 Å². The van der Waals surface area contributed by atoms with E-state index in [0.717, 1.165) is 44.3 Å². The minimum Gasteiger partial charge on any atom is -0.339 e. The number of rotatable bonds is 6. The van der Waals surface area contributed by atoms with Gasteiger partial charge >= 0.3 is 0 Å². The summed E-state index contributed by atoms with van der Waals surface area (Å²) in [5, 5.41) is 4.09. The van der Waals surface area contributed by atoms with E-state index in [1.165, 1.54) is 12.8 Å². The summed E-state index contributed by atoms with van der Waals surface area (Å²) in [7, 11) is 0. The van der Waals surface area contributed by atoms with Crippen molar-refractivity contribution in [2.24, 2.45) is 11.7 Å². The van der Waals surface area contributed by atoms with E-state index in [0.29, 0.717) is 11.7 Å². The Hall–Kier alpha value is -0.940. The van der Waals surface area contributed by atoms with E-state index in [-0.39, 0.29) is 6.04 Å². The Labute approximate surface area is 121 Å². The van der Waals surface area contributed by atoms with Crippen molar-refractivity contribution in [3.05, 3.63) is 11.7 Å². The summed E-state index contributed by atoms with van der Waals surface area (Å²) in [6.07, 6.45) is 4.84. The van der Waals surface area contributed by atoms with E-state index >= 15 is 0 Å². The second-order valence-electron chi connectivity index (χ2n) is 6.04. The van der Waals surface area contributed by atoms with Crippen LogP contribution in [0.1, 0.15) is 70.1 Å². The fourth-order valence-corrected chi connectivity index (χ4v) is 2.91. The Morgan fingerprint density at radius 2 is 1.90 bits per heavy atom. The first-order valence-electron chi connectivity index (χ1n) is 7.95. The van der Waals surface area contributed by atoms with E-state index in [1.807, 2.05) is 0 Å². The molecule has 0 amide bonds. The zero-order chi connectivity index (χ0) is 14.5. The Morgan fingerprint density at radius 3 is 2.50 bits per heavy atom. The van der Waals surface area contributed by atoms with Gasteiger partial charge in [0, 0.05) is 12.5 Å². The molecule has 2 rings (SSSR count). The number of hydrogen-bond acceptors (Lipinski definition) is 5. The molecule has 1 aliphatic carbocycles. The molecule has 5 nitrogen and oxygen atoms in total. The minimum absolute atomic E-state index is 0.157. The maximum absolute atomic E-state index is 6.19. The summed E-state index contributed by atoms with van der Waals surface area (Å²) in [5.74, 6) is 2.72. The van der Waals surface area contributed by atoms with Gasteiger partial charge in [0.25, 0.3) is 0 Å². The average molecular weight is 280 g/mol. The van der Waals surface area contributed by atoms with Gasteiger partial charge in [-0.25, -0.2) is 0 Å². The van der Waals surface area contributed by atoms with Gasteiger partial charge in [-0.1, -0.05) is 25.9 Å². The number of nitrogens with zero attached hydrogens (tertiary/aromatic N) is 3. The van der Waals surface area contributed by atoms with Crippen LogP contribution in [0, 0.1) is 5.92 Å². The molecule has 114 valence electrons. The Kier molecular flexibility index (Phi) is 5.54. The average Bonchev–Trinajstić information content (AvgIpc) is 2.95. The van der Waals surface area contributed by atoms with Crippen molar-refractivity contribution in [1.82, 2.24) is 15.0 Å². The van der Waals surface area contributed by atoms with Gasteiger partial charge in [-0.3, -0.25) is 0 Å². The van der Waals surface area contributed by atoms with E-state index in [4.69, 9.17) is 10.3 Å². The van der Waals surface area contributed by atoms with Crippen LogP contribution in [0.15, 0.2) is 4.52 Å². The van der Waals surface area contributed by atoms with Crippen LogP contribution in [0.3, 0.4) is 0 Å². The fourth-order valence-electron chi connectivity index (χ4n) is 2.91. The third kappa shape index (κ3) is 3.79. The molecular formula is C15H28N4O. The lowest BCUT2D eigenvalue weighted by Crippen LogP contribution is -2.32. The summed E-state index contributed by atoms with van der Waals surface area (Å²) in [6, 6.07) is -0.157. The normalized spacial score (nSPS) is 25.1. The SMILES string of the molecule is CCN(CC)CC(N)c1noc(C2CCC(C)CC2)n1. The van der Waals surface area contributed by atoms with Gasteiger partial charge in [-0.15, -0.1) is 0 Å². The summed E-state index contributed by atoms with van der Waals surface area (Å²) >= 11 is 0. The number of aromatic nitrogens is 2. The Bertz CT molecular complexity index is 394. The molecule has 0 saturated heterocycles. The highest BCUT2D eigenvalue weighted by Gasteiger charge is 2.25. The van der Waals surface area contributed by atoms with Crippen LogP contribution in [0.2, 0.25) is 0 Å². The van der Waals surface area contributed by atoms with Gasteiger partial charge in [0.2, 0.25) is 5.89 Å². The standard InChI is InChI=1S/C15H28N4O/c1-4-19(5-2)10-13(16)14-17-15(20-18-14)12-8-6-11(3)7-9-12/h11-13H,4-10,16H2,1-3H3. The van der Waals surface area contributed by atoms with Crippen LogP contribution < -0.4 is 5.73 Å². The largest absolute Gasteiger partial charge is 0.339 e. The van der Waals surface area contributed by atoms with Crippen LogP contribution in [0.25, 0.3) is 0 Å². The van der Waals surface area contributed by atoms with Gasteiger partial charge in [0.1, 0.15) is 0 Å². The van der Waals surface area contributed by atoms with E-state index < -0.39 is 0 Å². The van der Waals surface area contributed by atoms with Crippen LogP contribution in [0.4, 0.5) is 0 Å². The molecule has 0 bridgehead atoms. The molecule has 0 aliphatic heterocycles. The van der Waals surface area contributed by atoms with E-state index in [9.17, 15) is 0 Å². The number of hydrogen-bond donors (Lipinski definition) is 1. The first-order valence-corrected chi connectivity index (χ1v) is 7.95. The highest BCUT2D eigenvalue weighted by molar-refractivity contribution is 4.99. The molecule has 1 aliphatic rings. The molecule has 0 aromatic carbocycles. The van der Waals surface area contributed by atoms with Crippen LogP contribution >= 0.6 is 0 Å². The highest BCUT2D eigenvalue weighted by Crippen LogP contribution is 2.34. The molecular weight excluding hydrogens is 252 g/mol. The lowest BCUT2D eigenvalue weighted by molar-refractivity contribution is 0.270. The monoisotopic (exact) mass is 280 g/mol. The molecule has 1 aromatic heterocycles. The topological polar surface area (TPSA) is 68.2 Å². The van der Waals surface area contributed by atoms with Gasteiger partial charge in [0.05, 0.1) is 6.04 Å². The molecule has 1 heterocycles. The number of likely N-dealkylation sites (N-methyl/N-ethyl adjacent to an activating group) is 1. The van der Waals surface area contributed by atoms with Crippen LogP contribution in [0.5, 0.6) is 0 Å². The molecule has 1 saturated carbocycles. The zero-order valence-electron chi connectivity index (χ0n) is 13.0.